The second kappa shape index (κ2) is 8.74. The molecule has 3 atom stereocenters. The number of aryl methyl sites for hydroxylation is 1. The van der Waals surface area contributed by atoms with Crippen LogP contribution in [0.4, 0.5) is 15.9 Å². The average molecular weight is 447 g/mol. The molecule has 1 unspecified atom stereocenters. The fourth-order valence-corrected chi connectivity index (χ4v) is 4.87. The quantitative estimate of drug-likeness (QED) is 0.557. The fourth-order valence-electron chi connectivity index (χ4n) is 3.88. The van der Waals surface area contributed by atoms with Gasteiger partial charge in [-0.15, -0.1) is 11.3 Å². The molecule has 1 saturated carbocycles. The average Bonchev–Trinajstić information content (AvgIpc) is 3.31. The van der Waals surface area contributed by atoms with Crippen molar-refractivity contribution in [3.63, 3.8) is 0 Å². The van der Waals surface area contributed by atoms with Crippen LogP contribution in [0.15, 0.2) is 24.5 Å². The summed E-state index contributed by atoms with van der Waals surface area (Å²) in [7, 11) is 3.26. The Balaban J connectivity index is 1.65. The molecule has 0 spiro atoms. The number of methoxy groups -OCH3 is 2. The normalized spacial score (nSPS) is 20.8. The van der Waals surface area contributed by atoms with Crippen LogP contribution in [0.3, 0.4) is 0 Å². The highest BCUT2D eigenvalue weighted by atomic mass is 32.1. The Kier molecular flexibility index (Phi) is 6.03. The summed E-state index contributed by atoms with van der Waals surface area (Å²) in [6.07, 6.45) is 2.21. The molecule has 2 aromatic heterocycles. The number of anilines is 2. The molecule has 1 fully saturated rings. The summed E-state index contributed by atoms with van der Waals surface area (Å²) in [4.78, 5) is 20.7. The summed E-state index contributed by atoms with van der Waals surface area (Å²) in [5.74, 6) is -0.690. The zero-order chi connectivity index (χ0) is 22.1. The first-order valence-electron chi connectivity index (χ1n) is 9.67. The van der Waals surface area contributed by atoms with Crippen LogP contribution in [0, 0.1) is 12.7 Å². The first kappa shape index (κ1) is 21.4. The Morgan fingerprint density at radius 1 is 1.23 bits per heavy atom. The molecular formula is C21H22FN3O5S. The SMILES string of the molecule is CO[C@H]1CC(Oc2cc(F)ccc2Nc2ncnc3sc(C(=O)O)c(C)c23)C[C@H]1OC. The van der Waals surface area contributed by atoms with E-state index in [2.05, 4.69) is 15.3 Å². The van der Waals surface area contributed by atoms with Crippen LogP contribution >= 0.6 is 11.3 Å². The highest BCUT2D eigenvalue weighted by Crippen LogP contribution is 2.38. The van der Waals surface area contributed by atoms with E-state index >= 15 is 0 Å². The third-order valence-electron chi connectivity index (χ3n) is 5.42. The second-order valence-corrected chi connectivity index (χ2v) is 8.29. The Morgan fingerprint density at radius 3 is 2.58 bits per heavy atom. The van der Waals surface area contributed by atoms with Crippen LogP contribution in [0.25, 0.3) is 10.2 Å². The summed E-state index contributed by atoms with van der Waals surface area (Å²) in [6, 6.07) is 4.20. The van der Waals surface area contributed by atoms with Gasteiger partial charge in [0.15, 0.2) is 0 Å². The Labute approximate surface area is 182 Å². The van der Waals surface area contributed by atoms with Gasteiger partial charge in [-0.25, -0.2) is 19.2 Å². The van der Waals surface area contributed by atoms with Crippen LogP contribution in [-0.2, 0) is 9.47 Å². The van der Waals surface area contributed by atoms with Crippen LogP contribution in [-0.4, -0.2) is 53.6 Å². The van der Waals surface area contributed by atoms with Crippen LogP contribution in [0.1, 0.15) is 28.1 Å². The van der Waals surface area contributed by atoms with E-state index in [4.69, 9.17) is 14.2 Å². The lowest BCUT2D eigenvalue weighted by Crippen LogP contribution is -2.23. The topological polar surface area (TPSA) is 103 Å². The fraction of sp³-hybridized carbons (Fsp3) is 0.381. The van der Waals surface area contributed by atoms with Crippen molar-refractivity contribution in [2.45, 2.75) is 38.1 Å². The van der Waals surface area contributed by atoms with Gasteiger partial charge in [-0.3, -0.25) is 0 Å². The maximum Gasteiger partial charge on any atom is 0.346 e. The molecule has 164 valence electrons. The van der Waals surface area contributed by atoms with Crippen molar-refractivity contribution in [1.29, 1.82) is 0 Å². The number of ether oxygens (including phenoxy) is 3. The number of rotatable bonds is 7. The maximum atomic E-state index is 14.0. The lowest BCUT2D eigenvalue weighted by Gasteiger charge is -2.18. The Bertz CT molecular complexity index is 1110. The first-order chi connectivity index (χ1) is 14.9. The molecule has 0 aliphatic heterocycles. The molecular weight excluding hydrogens is 425 g/mol. The minimum atomic E-state index is -1.01. The number of hydrogen-bond donors (Lipinski definition) is 2. The van der Waals surface area contributed by atoms with E-state index in [9.17, 15) is 14.3 Å². The largest absolute Gasteiger partial charge is 0.488 e. The smallest absolute Gasteiger partial charge is 0.346 e. The predicted molar refractivity (Wildman–Crippen MR) is 114 cm³/mol. The summed E-state index contributed by atoms with van der Waals surface area (Å²) in [5.41, 5.74) is 1.08. The number of aromatic carboxylic acids is 1. The zero-order valence-corrected chi connectivity index (χ0v) is 18.0. The number of carboxylic acid groups (broad SMARTS) is 1. The van der Waals surface area contributed by atoms with Gasteiger partial charge in [0, 0.05) is 33.1 Å². The maximum absolute atomic E-state index is 14.0. The van der Waals surface area contributed by atoms with Crippen LogP contribution in [0.2, 0.25) is 0 Å². The number of aromatic nitrogens is 2. The van der Waals surface area contributed by atoms with E-state index in [1.165, 1.54) is 18.5 Å². The Hall–Kier alpha value is -2.82. The van der Waals surface area contributed by atoms with E-state index in [0.29, 0.717) is 45.9 Å². The van der Waals surface area contributed by atoms with E-state index in [1.54, 1.807) is 27.2 Å². The van der Waals surface area contributed by atoms with Gasteiger partial charge in [-0.05, 0) is 24.6 Å². The van der Waals surface area contributed by atoms with Gasteiger partial charge in [0.2, 0.25) is 0 Å². The van der Waals surface area contributed by atoms with Crippen molar-refractivity contribution in [3.8, 4) is 5.75 Å². The molecule has 3 aromatic rings. The van der Waals surface area contributed by atoms with Crippen molar-refractivity contribution in [1.82, 2.24) is 9.97 Å². The molecule has 1 aromatic carbocycles. The minimum absolute atomic E-state index is 0.0932. The van der Waals surface area contributed by atoms with Crippen LogP contribution < -0.4 is 10.1 Å². The van der Waals surface area contributed by atoms with Gasteiger partial charge in [0.05, 0.1) is 23.3 Å². The lowest BCUT2D eigenvalue weighted by atomic mass is 10.2. The molecule has 1 aliphatic rings. The molecule has 4 rings (SSSR count). The molecule has 0 saturated heterocycles. The number of thiophene rings is 1. The van der Waals surface area contributed by atoms with E-state index in [0.717, 1.165) is 11.3 Å². The van der Waals surface area contributed by atoms with Crippen molar-refractivity contribution in [2.75, 3.05) is 19.5 Å². The molecule has 1 aliphatic carbocycles. The first-order valence-corrected chi connectivity index (χ1v) is 10.5. The third-order valence-corrected chi connectivity index (χ3v) is 6.61. The molecule has 0 bridgehead atoms. The van der Waals surface area contributed by atoms with Gasteiger partial charge in [-0.2, -0.15) is 0 Å². The van der Waals surface area contributed by atoms with Gasteiger partial charge in [-0.1, -0.05) is 0 Å². The van der Waals surface area contributed by atoms with E-state index in [1.807, 2.05) is 0 Å². The molecule has 2 heterocycles. The van der Waals surface area contributed by atoms with Crippen molar-refractivity contribution >= 4 is 39.0 Å². The molecule has 10 heteroatoms. The van der Waals surface area contributed by atoms with Gasteiger partial charge in [0.25, 0.3) is 0 Å². The number of carbonyl (C=O) groups is 1. The summed E-state index contributed by atoms with van der Waals surface area (Å²) in [5, 5.41) is 13.2. The highest BCUT2D eigenvalue weighted by Gasteiger charge is 2.36. The lowest BCUT2D eigenvalue weighted by molar-refractivity contribution is -0.0157. The monoisotopic (exact) mass is 447 g/mol. The minimum Gasteiger partial charge on any atom is -0.488 e. The number of carboxylic acids is 1. The molecule has 0 amide bonds. The molecule has 8 nitrogen and oxygen atoms in total. The summed E-state index contributed by atoms with van der Waals surface area (Å²) in [6.45, 7) is 1.72. The standard InChI is InChI=1S/C21H22FN3O5S/c1-10-17-19(23-9-24-20(17)31-18(10)21(26)27)25-13-5-4-11(22)6-14(13)30-12-7-15(28-2)16(8-12)29-3/h4-6,9,12,15-16H,7-8H2,1-3H3,(H,26,27)(H,23,24,25)/t12?,15-,16+. The van der Waals surface area contributed by atoms with Crippen LogP contribution in [0.5, 0.6) is 5.75 Å². The number of nitrogens with one attached hydrogen (secondary N) is 1. The molecule has 31 heavy (non-hydrogen) atoms. The number of halogens is 1. The van der Waals surface area contributed by atoms with Gasteiger partial charge in [0.1, 0.15) is 39.5 Å². The van der Waals surface area contributed by atoms with E-state index < -0.39 is 11.8 Å². The Morgan fingerprint density at radius 2 is 1.94 bits per heavy atom. The summed E-state index contributed by atoms with van der Waals surface area (Å²) < 4.78 is 31.0. The van der Waals surface area contributed by atoms with Gasteiger partial charge < -0.3 is 24.6 Å². The summed E-state index contributed by atoms with van der Waals surface area (Å²) >= 11 is 1.09. The van der Waals surface area contributed by atoms with Crippen molar-refractivity contribution in [3.05, 3.63) is 40.8 Å². The second-order valence-electron chi connectivity index (χ2n) is 7.29. The highest BCUT2D eigenvalue weighted by molar-refractivity contribution is 7.20. The van der Waals surface area contributed by atoms with Gasteiger partial charge >= 0.3 is 5.97 Å². The number of fused-ring (bicyclic) bond motifs is 1. The number of hydrogen-bond acceptors (Lipinski definition) is 8. The predicted octanol–water partition coefficient (Wildman–Crippen LogP) is 4.15. The number of benzene rings is 1. The zero-order valence-electron chi connectivity index (χ0n) is 17.2. The van der Waals surface area contributed by atoms with E-state index in [-0.39, 0.29) is 23.2 Å². The molecule has 0 radical (unpaired) electrons. The third kappa shape index (κ3) is 4.18. The number of nitrogens with zero attached hydrogens (tertiary/aromatic N) is 2. The van der Waals surface area contributed by atoms with Crippen molar-refractivity contribution < 1.29 is 28.5 Å². The van der Waals surface area contributed by atoms with Crippen molar-refractivity contribution in [2.24, 2.45) is 0 Å². The molecule has 2 N–H and O–H groups in total.